The van der Waals surface area contributed by atoms with E-state index in [2.05, 4.69) is 34.8 Å². The van der Waals surface area contributed by atoms with Gasteiger partial charge in [0, 0.05) is 43.0 Å². The van der Waals surface area contributed by atoms with E-state index in [0.29, 0.717) is 6.42 Å². The van der Waals surface area contributed by atoms with Crippen LogP contribution in [0.3, 0.4) is 0 Å². The van der Waals surface area contributed by atoms with Gasteiger partial charge >= 0.3 is 0 Å². The van der Waals surface area contributed by atoms with Crippen LogP contribution in [0.5, 0.6) is 0 Å². The Morgan fingerprint density at radius 1 is 1.00 bits per heavy atom. The number of hydrogen-bond donors (Lipinski definition) is 3. The quantitative estimate of drug-likeness (QED) is 0.318. The minimum atomic E-state index is -0.550. The van der Waals surface area contributed by atoms with Crippen LogP contribution in [-0.4, -0.2) is 89.2 Å². The van der Waals surface area contributed by atoms with Gasteiger partial charge in [0.15, 0.2) is 11.6 Å². The SMILES string of the molecule is C=C(C(C(C)N)N(C)C)N1CCCC1C(=C)N1CCCC1(C)C(C)=O.CC.CC(CC(=O)C(N)C(C)N)c1ccccc1. The summed E-state index contributed by atoms with van der Waals surface area (Å²) in [5, 5.41) is 0. The van der Waals surface area contributed by atoms with E-state index in [1.54, 1.807) is 13.8 Å². The van der Waals surface area contributed by atoms with Crippen LogP contribution in [0.25, 0.3) is 0 Å². The van der Waals surface area contributed by atoms with Gasteiger partial charge in [-0.05, 0) is 79.0 Å². The van der Waals surface area contributed by atoms with Crippen LogP contribution in [0, 0.1) is 0 Å². The minimum Gasteiger partial charge on any atom is -0.365 e. The molecular weight excluding hydrogens is 536 g/mol. The molecule has 0 bridgehead atoms. The summed E-state index contributed by atoms with van der Waals surface area (Å²) >= 11 is 0. The third-order valence-corrected chi connectivity index (χ3v) is 8.96. The molecule has 2 aliphatic rings. The highest BCUT2D eigenvalue weighted by molar-refractivity contribution is 5.86. The summed E-state index contributed by atoms with van der Waals surface area (Å²) in [6.45, 7) is 24.3. The summed E-state index contributed by atoms with van der Waals surface area (Å²) in [5.74, 6) is 0.459. The minimum absolute atomic E-state index is 0.00582. The number of hydrogen-bond acceptors (Lipinski definition) is 8. The number of ketones is 2. The number of carbonyl (C=O) groups excluding carboxylic acids is 2. The van der Waals surface area contributed by atoms with E-state index in [-0.39, 0.29) is 41.7 Å². The highest BCUT2D eigenvalue weighted by atomic mass is 16.1. The van der Waals surface area contributed by atoms with E-state index >= 15 is 0 Å². The number of nitrogens with two attached hydrogens (primary N) is 3. The summed E-state index contributed by atoms with van der Waals surface area (Å²) in [5.41, 5.74) is 20.4. The molecule has 0 spiro atoms. The van der Waals surface area contributed by atoms with E-state index < -0.39 is 11.6 Å². The second-order valence-electron chi connectivity index (χ2n) is 12.6. The molecule has 2 saturated heterocycles. The number of Topliss-reactive ketones (excluding diaryl/α,β-unsaturated/α-hetero) is 2. The summed E-state index contributed by atoms with van der Waals surface area (Å²) in [4.78, 5) is 30.8. The van der Waals surface area contributed by atoms with Crippen molar-refractivity contribution in [1.82, 2.24) is 14.7 Å². The molecule has 0 radical (unpaired) electrons. The fraction of sp³-hybridized carbons (Fsp3) is 0.657. The van der Waals surface area contributed by atoms with Crippen molar-refractivity contribution >= 4 is 11.6 Å². The maximum atomic E-state index is 12.3. The largest absolute Gasteiger partial charge is 0.365 e. The van der Waals surface area contributed by atoms with Gasteiger partial charge in [-0.2, -0.15) is 0 Å². The van der Waals surface area contributed by atoms with Gasteiger partial charge in [-0.15, -0.1) is 0 Å². The Morgan fingerprint density at radius 3 is 2.07 bits per heavy atom. The predicted molar refractivity (Wildman–Crippen MR) is 182 cm³/mol. The summed E-state index contributed by atoms with van der Waals surface area (Å²) in [6, 6.07) is 9.45. The molecule has 3 rings (SSSR count). The lowest BCUT2D eigenvalue weighted by atomic mass is 9.92. The molecule has 244 valence electrons. The van der Waals surface area contributed by atoms with Crippen LogP contribution in [-0.2, 0) is 9.59 Å². The maximum absolute atomic E-state index is 12.3. The molecular formula is C35H62N6O2. The van der Waals surface area contributed by atoms with Crippen molar-refractivity contribution in [3.63, 3.8) is 0 Å². The zero-order valence-corrected chi connectivity index (χ0v) is 28.6. The molecule has 2 heterocycles. The number of nitrogens with zero attached hydrogens (tertiary/aromatic N) is 3. The first-order chi connectivity index (χ1) is 20.1. The van der Waals surface area contributed by atoms with Crippen LogP contribution in [0.15, 0.2) is 54.9 Å². The van der Waals surface area contributed by atoms with Crippen molar-refractivity contribution in [2.45, 2.75) is 122 Å². The fourth-order valence-corrected chi connectivity index (χ4v) is 6.30. The Labute approximate surface area is 262 Å². The first-order valence-electron chi connectivity index (χ1n) is 16.1. The topological polar surface area (TPSA) is 122 Å². The van der Waals surface area contributed by atoms with Gasteiger partial charge in [0.05, 0.1) is 23.7 Å². The molecule has 0 saturated carbocycles. The van der Waals surface area contributed by atoms with Crippen LogP contribution in [0.1, 0.15) is 92.1 Å². The van der Waals surface area contributed by atoms with Gasteiger partial charge in [0.2, 0.25) is 0 Å². The Bertz CT molecular complexity index is 1030. The Kier molecular flexibility index (Phi) is 15.8. The zero-order chi connectivity index (χ0) is 33.1. The third-order valence-electron chi connectivity index (χ3n) is 8.96. The lowest BCUT2D eigenvalue weighted by Gasteiger charge is -2.43. The van der Waals surface area contributed by atoms with Gasteiger partial charge in [-0.3, -0.25) is 14.5 Å². The van der Waals surface area contributed by atoms with Crippen molar-refractivity contribution < 1.29 is 9.59 Å². The summed E-state index contributed by atoms with van der Waals surface area (Å²) < 4.78 is 0. The number of likely N-dealkylation sites (N-methyl/N-ethyl adjacent to an activating group) is 1. The van der Waals surface area contributed by atoms with Gasteiger partial charge in [0.25, 0.3) is 0 Å². The Balaban J connectivity index is 0.000000443. The second kappa shape index (κ2) is 17.7. The van der Waals surface area contributed by atoms with Gasteiger partial charge in [0.1, 0.15) is 0 Å². The summed E-state index contributed by atoms with van der Waals surface area (Å²) in [6.07, 6.45) is 4.58. The van der Waals surface area contributed by atoms with E-state index in [1.165, 1.54) is 0 Å². The molecule has 43 heavy (non-hydrogen) atoms. The standard InChI is InChI=1S/C20H36N4O.C13H20N2O.C2H6/c1-14(21)19(22(6)7)16(3)23-12-8-10-18(23)15(2)24-13-9-11-20(24,5)17(4)25;1-9(11-6-4-3-5-7-11)8-12(16)13(15)10(2)14;1-2/h14,18-19H,2-3,8-13,21H2,1,4-7H3;3-7,9-10,13H,8,14-15H2,1-2H3;1-2H3. The molecule has 0 amide bonds. The van der Waals surface area contributed by atoms with Gasteiger partial charge in [-0.1, -0.05) is 64.3 Å². The molecule has 7 unspecified atom stereocenters. The van der Waals surface area contributed by atoms with E-state index in [4.69, 9.17) is 17.2 Å². The molecule has 8 heteroatoms. The fourth-order valence-electron chi connectivity index (χ4n) is 6.30. The average molecular weight is 599 g/mol. The number of likely N-dealkylation sites (tertiary alicyclic amines) is 2. The molecule has 1 aromatic rings. The van der Waals surface area contributed by atoms with Crippen LogP contribution < -0.4 is 17.2 Å². The Hall–Kier alpha value is -2.52. The second-order valence-corrected chi connectivity index (χ2v) is 12.6. The van der Waals surface area contributed by atoms with Crippen molar-refractivity contribution in [2.24, 2.45) is 17.2 Å². The van der Waals surface area contributed by atoms with Crippen molar-refractivity contribution in [3.05, 3.63) is 60.4 Å². The van der Waals surface area contributed by atoms with Gasteiger partial charge in [-0.25, -0.2) is 0 Å². The molecule has 0 aliphatic carbocycles. The normalized spacial score (nSPS) is 23.2. The third kappa shape index (κ3) is 10.00. The van der Waals surface area contributed by atoms with E-state index in [1.807, 2.05) is 72.1 Å². The molecule has 2 aliphatic heterocycles. The molecule has 0 aromatic heterocycles. The molecule has 2 fully saturated rings. The maximum Gasteiger partial charge on any atom is 0.154 e. The monoisotopic (exact) mass is 598 g/mol. The summed E-state index contributed by atoms with van der Waals surface area (Å²) in [7, 11) is 4.10. The lowest BCUT2D eigenvalue weighted by Crippen LogP contribution is -2.52. The molecule has 6 N–H and O–H groups in total. The lowest BCUT2D eigenvalue weighted by molar-refractivity contribution is -0.125. The van der Waals surface area contributed by atoms with Crippen LogP contribution >= 0.6 is 0 Å². The molecule has 1 aromatic carbocycles. The van der Waals surface area contributed by atoms with Crippen LogP contribution in [0.2, 0.25) is 0 Å². The van der Waals surface area contributed by atoms with Gasteiger partial charge < -0.3 is 27.0 Å². The zero-order valence-electron chi connectivity index (χ0n) is 28.6. The van der Waals surface area contributed by atoms with Crippen molar-refractivity contribution in [1.29, 1.82) is 0 Å². The average Bonchev–Trinajstić information content (AvgIpc) is 3.61. The smallest absolute Gasteiger partial charge is 0.154 e. The van der Waals surface area contributed by atoms with Crippen molar-refractivity contribution in [3.8, 4) is 0 Å². The highest BCUT2D eigenvalue weighted by Gasteiger charge is 2.44. The van der Waals surface area contributed by atoms with E-state index in [0.717, 1.165) is 55.7 Å². The van der Waals surface area contributed by atoms with Crippen molar-refractivity contribution in [2.75, 3.05) is 27.2 Å². The molecule has 8 nitrogen and oxygen atoms in total. The van der Waals surface area contributed by atoms with Crippen LogP contribution in [0.4, 0.5) is 0 Å². The first-order valence-corrected chi connectivity index (χ1v) is 16.1. The first kappa shape index (κ1) is 38.5. The van der Waals surface area contributed by atoms with E-state index in [9.17, 15) is 9.59 Å². The highest BCUT2D eigenvalue weighted by Crippen LogP contribution is 2.38. The number of benzene rings is 1. The number of rotatable bonds is 12. The number of carbonyl (C=O) groups is 2. The Morgan fingerprint density at radius 2 is 1.58 bits per heavy atom. The predicted octanol–water partition coefficient (Wildman–Crippen LogP) is 4.65. The molecule has 7 atom stereocenters.